The molecule has 0 saturated heterocycles. The third-order valence-corrected chi connectivity index (χ3v) is 4.81. The van der Waals surface area contributed by atoms with E-state index in [4.69, 9.17) is 9.15 Å². The summed E-state index contributed by atoms with van der Waals surface area (Å²) in [5.41, 5.74) is 3.33. The first-order chi connectivity index (χ1) is 15.1. The minimum absolute atomic E-state index is 0.0303. The molecule has 0 aliphatic rings. The molecule has 31 heavy (non-hydrogen) atoms. The van der Waals surface area contributed by atoms with Gasteiger partial charge < -0.3 is 9.15 Å². The number of benzene rings is 2. The molecular weight excluding hydrogens is 394 g/mol. The molecule has 7 heteroatoms. The van der Waals surface area contributed by atoms with Crippen LogP contribution in [0.5, 0.6) is 0 Å². The van der Waals surface area contributed by atoms with Crippen molar-refractivity contribution in [1.82, 2.24) is 15.0 Å². The van der Waals surface area contributed by atoms with E-state index in [9.17, 15) is 9.59 Å². The molecule has 0 aliphatic carbocycles. The van der Waals surface area contributed by atoms with E-state index in [-0.39, 0.29) is 6.61 Å². The topological polar surface area (TPSA) is 87.2 Å². The Balaban J connectivity index is 1.39. The van der Waals surface area contributed by atoms with Crippen LogP contribution in [0.4, 0.5) is 0 Å². The number of carbonyl (C=O) groups excluding carboxylic acids is 1. The second kappa shape index (κ2) is 9.21. The van der Waals surface area contributed by atoms with Gasteiger partial charge in [0.05, 0.1) is 12.7 Å². The van der Waals surface area contributed by atoms with E-state index in [1.165, 1.54) is 12.1 Å². The van der Waals surface area contributed by atoms with Crippen LogP contribution in [0.25, 0.3) is 17.0 Å². The minimum atomic E-state index is -0.538. The molecular formula is C24H21N3O4. The molecule has 0 amide bonds. The highest BCUT2D eigenvalue weighted by molar-refractivity contribution is 5.87. The lowest BCUT2D eigenvalue weighted by Gasteiger charge is -2.06. The van der Waals surface area contributed by atoms with Gasteiger partial charge in [0.25, 0.3) is 0 Å². The zero-order valence-corrected chi connectivity index (χ0v) is 17.0. The van der Waals surface area contributed by atoms with E-state index in [2.05, 4.69) is 10.3 Å². The van der Waals surface area contributed by atoms with Crippen molar-refractivity contribution in [1.29, 1.82) is 0 Å². The molecule has 4 aromatic rings. The molecule has 0 unspecified atom stereocenters. The maximum atomic E-state index is 12.1. The van der Waals surface area contributed by atoms with Crippen LogP contribution in [0.15, 0.2) is 76.1 Å². The Kier molecular flexibility index (Phi) is 6.03. The summed E-state index contributed by atoms with van der Waals surface area (Å²) in [6, 6.07) is 16.9. The number of carbonyl (C=O) groups is 1. The van der Waals surface area contributed by atoms with Crippen molar-refractivity contribution in [3.05, 3.63) is 99.7 Å². The summed E-state index contributed by atoms with van der Waals surface area (Å²) in [6.45, 7) is 2.59. The van der Waals surface area contributed by atoms with Crippen LogP contribution in [-0.4, -0.2) is 21.0 Å². The average Bonchev–Trinajstić information content (AvgIpc) is 3.23. The molecule has 0 N–H and O–H groups in total. The Hall–Kier alpha value is -4.00. The number of aromatic nitrogens is 3. The second-order valence-corrected chi connectivity index (χ2v) is 7.04. The molecule has 2 heterocycles. The lowest BCUT2D eigenvalue weighted by atomic mass is 10.1. The van der Waals surface area contributed by atoms with Crippen molar-refractivity contribution in [3.8, 4) is 0 Å². The van der Waals surface area contributed by atoms with Gasteiger partial charge in [0.2, 0.25) is 0 Å². The van der Waals surface area contributed by atoms with Gasteiger partial charge in [0.15, 0.2) is 0 Å². The van der Waals surface area contributed by atoms with Crippen molar-refractivity contribution in [3.63, 3.8) is 0 Å². The normalized spacial score (nSPS) is 11.3. The molecule has 0 atom stereocenters. The number of rotatable bonds is 7. The summed E-state index contributed by atoms with van der Waals surface area (Å²) < 4.78 is 12.3. The fraction of sp³-hybridized carbons (Fsp3) is 0.167. The lowest BCUT2D eigenvalue weighted by Crippen LogP contribution is -2.05. The average molecular weight is 415 g/mol. The number of ether oxygens (including phenoxy) is 1. The zero-order chi connectivity index (χ0) is 21.6. The van der Waals surface area contributed by atoms with Crippen LogP contribution in [-0.2, 0) is 29.1 Å². The molecule has 0 spiro atoms. The maximum Gasteiger partial charge on any atom is 0.336 e. The van der Waals surface area contributed by atoms with E-state index in [0.717, 1.165) is 22.9 Å². The quantitative estimate of drug-likeness (QED) is 0.260. The summed E-state index contributed by atoms with van der Waals surface area (Å²) in [5.74, 6) is -0.538. The monoisotopic (exact) mass is 415 g/mol. The number of fused-ring (bicyclic) bond motifs is 1. The molecule has 7 nitrogen and oxygen atoms in total. The largest absolute Gasteiger partial charge is 0.458 e. The standard InChI is InChI=1S/C24H21N3O4/c1-2-17-8-10-21-19(13-24(29)31-22(21)12-17)16-30-23(28)11-9-20-15-27(26-25-20)14-18-6-4-3-5-7-18/h3-13,15H,2,14,16H2,1H3/b11-9+. The molecule has 2 aromatic carbocycles. The number of hydrogen-bond acceptors (Lipinski definition) is 6. The van der Waals surface area contributed by atoms with Crippen LogP contribution in [0.2, 0.25) is 0 Å². The van der Waals surface area contributed by atoms with Gasteiger partial charge in [0, 0.05) is 23.1 Å². The van der Waals surface area contributed by atoms with Crippen LogP contribution in [0, 0.1) is 0 Å². The Morgan fingerprint density at radius 2 is 1.97 bits per heavy atom. The summed E-state index contributed by atoms with van der Waals surface area (Å²) in [7, 11) is 0. The Morgan fingerprint density at radius 3 is 2.77 bits per heavy atom. The fourth-order valence-corrected chi connectivity index (χ4v) is 3.20. The third-order valence-electron chi connectivity index (χ3n) is 4.81. The van der Waals surface area contributed by atoms with Crippen molar-refractivity contribution < 1.29 is 13.9 Å². The van der Waals surface area contributed by atoms with E-state index < -0.39 is 11.6 Å². The van der Waals surface area contributed by atoms with E-state index in [1.807, 2.05) is 55.5 Å². The molecule has 156 valence electrons. The fourth-order valence-electron chi connectivity index (χ4n) is 3.20. The number of aryl methyl sites for hydroxylation is 1. The van der Waals surface area contributed by atoms with Crippen molar-refractivity contribution in [2.45, 2.75) is 26.5 Å². The van der Waals surface area contributed by atoms with Crippen LogP contribution < -0.4 is 5.63 Å². The Labute approximate surface area is 178 Å². The van der Waals surface area contributed by atoms with Gasteiger partial charge in [-0.05, 0) is 29.7 Å². The number of hydrogen-bond donors (Lipinski definition) is 0. The highest BCUT2D eigenvalue weighted by Crippen LogP contribution is 2.20. The predicted octanol–water partition coefficient (Wildman–Crippen LogP) is 3.75. The Bertz CT molecular complexity index is 1290. The first-order valence-corrected chi connectivity index (χ1v) is 9.95. The van der Waals surface area contributed by atoms with E-state index in [0.29, 0.717) is 23.4 Å². The highest BCUT2D eigenvalue weighted by atomic mass is 16.5. The maximum absolute atomic E-state index is 12.1. The molecule has 0 fully saturated rings. The highest BCUT2D eigenvalue weighted by Gasteiger charge is 2.09. The first-order valence-electron chi connectivity index (χ1n) is 9.95. The van der Waals surface area contributed by atoms with Gasteiger partial charge in [-0.1, -0.05) is 54.6 Å². The van der Waals surface area contributed by atoms with Crippen LogP contribution in [0.1, 0.15) is 29.3 Å². The van der Waals surface area contributed by atoms with Crippen molar-refractivity contribution in [2.24, 2.45) is 0 Å². The van der Waals surface area contributed by atoms with Gasteiger partial charge in [-0.15, -0.1) is 5.10 Å². The van der Waals surface area contributed by atoms with Crippen LogP contribution in [0.3, 0.4) is 0 Å². The third kappa shape index (κ3) is 5.14. The van der Waals surface area contributed by atoms with Crippen molar-refractivity contribution in [2.75, 3.05) is 0 Å². The smallest absolute Gasteiger partial charge is 0.336 e. The molecule has 4 rings (SSSR count). The predicted molar refractivity (Wildman–Crippen MR) is 116 cm³/mol. The summed E-state index contributed by atoms with van der Waals surface area (Å²) in [4.78, 5) is 24.0. The molecule has 0 bridgehead atoms. The van der Waals surface area contributed by atoms with Gasteiger partial charge in [-0.2, -0.15) is 0 Å². The summed E-state index contributed by atoms with van der Waals surface area (Å²) >= 11 is 0. The Morgan fingerprint density at radius 1 is 1.13 bits per heavy atom. The number of esters is 1. The van der Waals surface area contributed by atoms with E-state index in [1.54, 1.807) is 17.0 Å². The summed E-state index contributed by atoms with van der Waals surface area (Å²) in [5, 5.41) is 8.84. The van der Waals surface area contributed by atoms with Crippen LogP contribution >= 0.6 is 0 Å². The van der Waals surface area contributed by atoms with Gasteiger partial charge in [-0.25, -0.2) is 14.3 Å². The number of nitrogens with zero attached hydrogens (tertiary/aromatic N) is 3. The second-order valence-electron chi connectivity index (χ2n) is 7.04. The molecule has 0 radical (unpaired) electrons. The van der Waals surface area contributed by atoms with Gasteiger partial charge in [0.1, 0.15) is 17.9 Å². The van der Waals surface area contributed by atoms with Gasteiger partial charge >= 0.3 is 11.6 Å². The first kappa shape index (κ1) is 20.3. The lowest BCUT2D eigenvalue weighted by molar-refractivity contribution is -0.138. The van der Waals surface area contributed by atoms with Crippen molar-refractivity contribution >= 4 is 23.0 Å². The van der Waals surface area contributed by atoms with Gasteiger partial charge in [-0.3, -0.25) is 0 Å². The molecule has 2 aromatic heterocycles. The molecule has 0 saturated carbocycles. The van der Waals surface area contributed by atoms with E-state index >= 15 is 0 Å². The SMILES string of the molecule is CCc1ccc2c(COC(=O)/C=C/c3cn(Cc4ccccc4)nn3)cc(=O)oc2c1. The minimum Gasteiger partial charge on any atom is -0.458 e. The zero-order valence-electron chi connectivity index (χ0n) is 17.0. The molecule has 0 aliphatic heterocycles. The summed E-state index contributed by atoms with van der Waals surface area (Å²) in [6.07, 6.45) is 5.42.